The Kier molecular flexibility index (Phi) is 13.6. The van der Waals surface area contributed by atoms with Crippen molar-refractivity contribution in [1.29, 1.82) is 0 Å². The Bertz CT molecular complexity index is 427. The van der Waals surface area contributed by atoms with Crippen LogP contribution in [0.5, 0.6) is 0 Å². The third kappa shape index (κ3) is 11.3. The van der Waals surface area contributed by atoms with E-state index in [1.807, 2.05) is 0 Å². The molecule has 2 saturated carbocycles. The monoisotopic (exact) mass is 403 g/mol. The van der Waals surface area contributed by atoms with Crippen LogP contribution >= 0.6 is 0 Å². The first-order valence-corrected chi connectivity index (χ1v) is 13.0. The van der Waals surface area contributed by atoms with Crippen LogP contribution in [0.2, 0.25) is 0 Å². The van der Waals surface area contributed by atoms with Crippen molar-refractivity contribution in [3.8, 4) is 0 Å². The molecule has 0 amide bonds. The first-order valence-electron chi connectivity index (χ1n) is 13.0. The average Bonchev–Trinajstić information content (AvgIpc) is 2.73. The lowest BCUT2D eigenvalue weighted by Crippen LogP contribution is -2.17. The number of hydrogen-bond donors (Lipinski definition) is 1. The van der Waals surface area contributed by atoms with E-state index in [4.69, 9.17) is 9.98 Å². The maximum Gasteiger partial charge on any atom is 0.0388 e. The van der Waals surface area contributed by atoms with Gasteiger partial charge in [-0.1, -0.05) is 52.4 Å². The highest BCUT2D eigenvalue weighted by Crippen LogP contribution is 2.22. The zero-order valence-corrected chi connectivity index (χ0v) is 19.7. The van der Waals surface area contributed by atoms with Crippen molar-refractivity contribution >= 4 is 11.4 Å². The highest BCUT2D eigenvalue weighted by Gasteiger charge is 2.15. The van der Waals surface area contributed by atoms with Crippen LogP contribution in [-0.2, 0) is 0 Å². The standard InChI is InChI=1S/C26H49N3/c1-23-15-7-9-17-25(23)28-21-13-5-3-11-19-27-20-12-4-6-14-22-29-26-18-10-8-16-24(26)2/h23-24,27H,3-22H2,1-2H3. The third-order valence-corrected chi connectivity index (χ3v) is 6.93. The van der Waals surface area contributed by atoms with Crippen LogP contribution < -0.4 is 5.32 Å². The van der Waals surface area contributed by atoms with Gasteiger partial charge in [-0.05, 0) is 89.1 Å². The molecule has 0 aromatic rings. The van der Waals surface area contributed by atoms with Crippen LogP contribution in [0.3, 0.4) is 0 Å². The Morgan fingerprint density at radius 1 is 0.621 bits per heavy atom. The van der Waals surface area contributed by atoms with E-state index in [2.05, 4.69) is 19.2 Å². The molecule has 2 aliphatic rings. The van der Waals surface area contributed by atoms with Crippen LogP contribution in [0.15, 0.2) is 9.98 Å². The van der Waals surface area contributed by atoms with Gasteiger partial charge in [-0.15, -0.1) is 0 Å². The summed E-state index contributed by atoms with van der Waals surface area (Å²) in [6.45, 7) is 9.23. The molecule has 1 N–H and O–H groups in total. The van der Waals surface area contributed by atoms with E-state index in [1.54, 1.807) is 0 Å². The molecule has 0 saturated heterocycles. The van der Waals surface area contributed by atoms with E-state index >= 15 is 0 Å². The smallest absolute Gasteiger partial charge is 0.0388 e. The molecule has 2 fully saturated rings. The lowest BCUT2D eigenvalue weighted by Gasteiger charge is -2.20. The fourth-order valence-electron chi connectivity index (χ4n) is 4.81. The second-order valence-corrected chi connectivity index (χ2v) is 9.62. The van der Waals surface area contributed by atoms with Gasteiger partial charge in [0.25, 0.3) is 0 Å². The molecule has 168 valence electrons. The zero-order valence-electron chi connectivity index (χ0n) is 19.7. The maximum atomic E-state index is 4.88. The number of nitrogens with zero attached hydrogens (tertiary/aromatic N) is 2. The van der Waals surface area contributed by atoms with Crippen molar-refractivity contribution in [2.24, 2.45) is 21.8 Å². The van der Waals surface area contributed by atoms with Gasteiger partial charge in [0.05, 0.1) is 0 Å². The Morgan fingerprint density at radius 2 is 1.07 bits per heavy atom. The molecule has 2 atom stereocenters. The van der Waals surface area contributed by atoms with Crippen molar-refractivity contribution in [3.05, 3.63) is 0 Å². The predicted molar refractivity (Wildman–Crippen MR) is 130 cm³/mol. The van der Waals surface area contributed by atoms with Gasteiger partial charge >= 0.3 is 0 Å². The molecule has 3 heteroatoms. The summed E-state index contributed by atoms with van der Waals surface area (Å²) >= 11 is 0. The van der Waals surface area contributed by atoms with Gasteiger partial charge in [0.15, 0.2) is 0 Å². The Labute approximate surface area is 181 Å². The molecule has 2 aliphatic carbocycles. The molecule has 3 nitrogen and oxygen atoms in total. The summed E-state index contributed by atoms with van der Waals surface area (Å²) < 4.78 is 0. The van der Waals surface area contributed by atoms with E-state index in [-0.39, 0.29) is 0 Å². The van der Waals surface area contributed by atoms with Gasteiger partial charge in [-0.3, -0.25) is 9.98 Å². The van der Waals surface area contributed by atoms with E-state index in [1.165, 1.54) is 127 Å². The summed E-state index contributed by atoms with van der Waals surface area (Å²) in [6, 6.07) is 0. The summed E-state index contributed by atoms with van der Waals surface area (Å²) in [5, 5.41) is 3.63. The Balaban J connectivity index is 1.31. The molecule has 2 rings (SSSR count). The van der Waals surface area contributed by atoms with Gasteiger partial charge in [-0.2, -0.15) is 0 Å². The number of rotatable bonds is 14. The molecule has 0 radical (unpaired) electrons. The van der Waals surface area contributed by atoms with Gasteiger partial charge in [0.2, 0.25) is 0 Å². The van der Waals surface area contributed by atoms with Gasteiger partial charge in [-0.25, -0.2) is 0 Å². The van der Waals surface area contributed by atoms with E-state index in [9.17, 15) is 0 Å². The van der Waals surface area contributed by atoms with Crippen LogP contribution in [-0.4, -0.2) is 37.6 Å². The average molecular weight is 404 g/mol. The van der Waals surface area contributed by atoms with Crippen LogP contribution in [0, 0.1) is 11.8 Å². The summed E-state index contributed by atoms with van der Waals surface area (Å²) in [7, 11) is 0. The van der Waals surface area contributed by atoms with Crippen molar-refractivity contribution in [1.82, 2.24) is 5.32 Å². The summed E-state index contributed by atoms with van der Waals surface area (Å²) in [5.74, 6) is 1.50. The van der Waals surface area contributed by atoms with Gasteiger partial charge < -0.3 is 5.32 Å². The summed E-state index contributed by atoms with van der Waals surface area (Å²) in [6.07, 6.45) is 21.4. The molecule has 2 unspecified atom stereocenters. The third-order valence-electron chi connectivity index (χ3n) is 6.93. The normalized spacial score (nSPS) is 25.7. The molecule has 29 heavy (non-hydrogen) atoms. The largest absolute Gasteiger partial charge is 0.317 e. The quantitative estimate of drug-likeness (QED) is 0.311. The van der Waals surface area contributed by atoms with E-state index in [0.29, 0.717) is 0 Å². The minimum absolute atomic E-state index is 0.752. The van der Waals surface area contributed by atoms with Crippen LogP contribution in [0.1, 0.15) is 117 Å². The highest BCUT2D eigenvalue weighted by molar-refractivity contribution is 5.87. The second kappa shape index (κ2) is 16.1. The molecule has 0 heterocycles. The number of aliphatic imine (C=N–C) groups is 2. The highest BCUT2D eigenvalue weighted by atomic mass is 14.8. The second-order valence-electron chi connectivity index (χ2n) is 9.62. The van der Waals surface area contributed by atoms with Crippen molar-refractivity contribution < 1.29 is 0 Å². The first kappa shape index (κ1) is 24.6. The van der Waals surface area contributed by atoms with Gasteiger partial charge in [0.1, 0.15) is 0 Å². The predicted octanol–water partition coefficient (Wildman–Crippen LogP) is 7.00. The molecule has 0 aromatic carbocycles. The van der Waals surface area contributed by atoms with Gasteiger partial charge in [0, 0.05) is 24.5 Å². The summed E-state index contributed by atoms with van der Waals surface area (Å²) in [4.78, 5) is 9.75. The number of nitrogens with one attached hydrogen (secondary N) is 1. The minimum Gasteiger partial charge on any atom is -0.317 e. The molecule has 0 aliphatic heterocycles. The van der Waals surface area contributed by atoms with Crippen molar-refractivity contribution in [2.75, 3.05) is 26.2 Å². The minimum atomic E-state index is 0.752. The molecular weight excluding hydrogens is 354 g/mol. The SMILES string of the molecule is CC1CCCCC1=NCCCCCCNCCCCCCN=C1CCCCC1C. The molecular formula is C26H49N3. The molecule has 0 aromatic heterocycles. The van der Waals surface area contributed by atoms with Crippen LogP contribution in [0.25, 0.3) is 0 Å². The Morgan fingerprint density at radius 3 is 1.52 bits per heavy atom. The lowest BCUT2D eigenvalue weighted by molar-refractivity contribution is 0.546. The van der Waals surface area contributed by atoms with Crippen molar-refractivity contribution in [3.63, 3.8) is 0 Å². The van der Waals surface area contributed by atoms with Crippen LogP contribution in [0.4, 0.5) is 0 Å². The van der Waals surface area contributed by atoms with E-state index in [0.717, 1.165) is 24.9 Å². The number of hydrogen-bond acceptors (Lipinski definition) is 3. The van der Waals surface area contributed by atoms with E-state index < -0.39 is 0 Å². The first-order chi connectivity index (χ1) is 14.3. The Hall–Kier alpha value is -0.700. The molecule has 0 spiro atoms. The fourth-order valence-corrected chi connectivity index (χ4v) is 4.81. The van der Waals surface area contributed by atoms with Crippen molar-refractivity contribution in [2.45, 2.75) is 117 Å². The lowest BCUT2D eigenvalue weighted by atomic mass is 9.89. The number of unbranched alkanes of at least 4 members (excludes halogenated alkanes) is 6. The summed E-state index contributed by atoms with van der Waals surface area (Å²) in [5.41, 5.74) is 3.02. The topological polar surface area (TPSA) is 36.8 Å². The fraction of sp³-hybridized carbons (Fsp3) is 0.923. The maximum absolute atomic E-state index is 4.88. The zero-order chi connectivity index (χ0) is 20.6. The molecule has 0 bridgehead atoms.